The highest BCUT2D eigenvalue weighted by Gasteiger charge is 2.08. The SMILES string of the molecule is NCC#Cc1ccsc1CNC(=O)c1ccc(=O)[nH]n1. The van der Waals surface area contributed by atoms with Crippen LogP contribution in [-0.2, 0) is 6.54 Å². The van der Waals surface area contributed by atoms with E-state index in [4.69, 9.17) is 5.73 Å². The second-order valence-electron chi connectivity index (χ2n) is 3.75. The Labute approximate surface area is 119 Å². The number of rotatable bonds is 3. The van der Waals surface area contributed by atoms with Gasteiger partial charge in [0, 0.05) is 16.5 Å². The van der Waals surface area contributed by atoms with Crippen LogP contribution in [0, 0.1) is 11.8 Å². The first-order valence-corrected chi connectivity index (χ1v) is 6.68. The summed E-state index contributed by atoms with van der Waals surface area (Å²) in [6.07, 6.45) is 0. The van der Waals surface area contributed by atoms with Gasteiger partial charge in [0.25, 0.3) is 11.5 Å². The predicted molar refractivity (Wildman–Crippen MR) is 76.3 cm³/mol. The van der Waals surface area contributed by atoms with Crippen molar-refractivity contribution in [2.45, 2.75) is 6.54 Å². The third-order valence-corrected chi connectivity index (χ3v) is 3.31. The molecule has 0 aromatic carbocycles. The molecule has 2 aromatic rings. The van der Waals surface area contributed by atoms with Gasteiger partial charge in [0.05, 0.1) is 13.1 Å². The molecule has 0 atom stereocenters. The van der Waals surface area contributed by atoms with Crippen molar-refractivity contribution in [1.82, 2.24) is 15.5 Å². The molecular formula is C13H12N4O2S. The third kappa shape index (κ3) is 3.54. The average Bonchev–Trinajstić information content (AvgIpc) is 2.90. The standard InChI is InChI=1S/C13H12N4O2S/c14-6-1-2-9-5-7-20-11(9)8-15-13(19)10-3-4-12(18)17-16-10/h3-5,7H,6,8,14H2,(H,15,19)(H,17,18). The normalized spacial score (nSPS) is 9.65. The summed E-state index contributed by atoms with van der Waals surface area (Å²) in [4.78, 5) is 23.6. The second kappa shape index (κ2) is 6.65. The molecule has 0 aliphatic carbocycles. The van der Waals surface area contributed by atoms with Crippen molar-refractivity contribution in [3.05, 3.63) is 50.1 Å². The number of amides is 1. The molecule has 0 aliphatic rings. The summed E-state index contributed by atoms with van der Waals surface area (Å²) in [5.41, 5.74) is 6.00. The monoisotopic (exact) mass is 288 g/mol. The van der Waals surface area contributed by atoms with Gasteiger partial charge in [0.1, 0.15) is 5.69 Å². The number of thiophene rings is 1. The van der Waals surface area contributed by atoms with Crippen molar-refractivity contribution >= 4 is 17.2 Å². The number of hydrogen-bond acceptors (Lipinski definition) is 5. The van der Waals surface area contributed by atoms with E-state index >= 15 is 0 Å². The maximum atomic E-state index is 11.8. The minimum atomic E-state index is -0.354. The molecule has 0 bridgehead atoms. The minimum Gasteiger partial charge on any atom is -0.346 e. The van der Waals surface area contributed by atoms with Crippen molar-refractivity contribution in [3.63, 3.8) is 0 Å². The Bertz CT molecular complexity index is 703. The van der Waals surface area contributed by atoms with Gasteiger partial charge >= 0.3 is 0 Å². The molecule has 4 N–H and O–H groups in total. The maximum Gasteiger partial charge on any atom is 0.272 e. The first-order valence-electron chi connectivity index (χ1n) is 5.80. The van der Waals surface area contributed by atoms with E-state index in [9.17, 15) is 9.59 Å². The van der Waals surface area contributed by atoms with E-state index in [1.54, 1.807) is 0 Å². The predicted octanol–water partition coefficient (Wildman–Crippen LogP) is 0.0716. The van der Waals surface area contributed by atoms with E-state index in [0.29, 0.717) is 13.1 Å². The first kappa shape index (κ1) is 14.0. The number of nitrogens with two attached hydrogens (primary N) is 1. The summed E-state index contributed by atoms with van der Waals surface area (Å²) in [5.74, 6) is 5.37. The van der Waals surface area contributed by atoms with Crippen LogP contribution in [0.25, 0.3) is 0 Å². The summed E-state index contributed by atoms with van der Waals surface area (Å²) >= 11 is 1.50. The number of aromatic nitrogens is 2. The second-order valence-corrected chi connectivity index (χ2v) is 4.75. The minimum absolute atomic E-state index is 0.163. The smallest absolute Gasteiger partial charge is 0.272 e. The van der Waals surface area contributed by atoms with Crippen LogP contribution in [-0.4, -0.2) is 22.6 Å². The van der Waals surface area contributed by atoms with Gasteiger partial charge in [-0.1, -0.05) is 11.8 Å². The van der Waals surface area contributed by atoms with Gasteiger partial charge in [0.2, 0.25) is 0 Å². The number of nitrogens with one attached hydrogen (secondary N) is 2. The highest BCUT2D eigenvalue weighted by molar-refractivity contribution is 7.10. The molecule has 6 nitrogen and oxygen atoms in total. The molecule has 2 aromatic heterocycles. The molecular weight excluding hydrogens is 276 g/mol. The van der Waals surface area contributed by atoms with Gasteiger partial charge in [-0.25, -0.2) is 5.10 Å². The maximum absolute atomic E-state index is 11.8. The zero-order chi connectivity index (χ0) is 14.4. The van der Waals surface area contributed by atoms with Crippen LogP contribution in [0.15, 0.2) is 28.4 Å². The van der Waals surface area contributed by atoms with Gasteiger partial charge in [0.15, 0.2) is 0 Å². The molecule has 7 heteroatoms. The van der Waals surface area contributed by atoms with Crippen molar-refractivity contribution in [3.8, 4) is 11.8 Å². The zero-order valence-corrected chi connectivity index (χ0v) is 11.3. The number of aromatic amines is 1. The molecule has 0 fully saturated rings. The lowest BCUT2D eigenvalue weighted by Gasteiger charge is -2.03. The van der Waals surface area contributed by atoms with Crippen molar-refractivity contribution in [2.75, 3.05) is 6.54 Å². The summed E-state index contributed by atoms with van der Waals surface area (Å²) in [6, 6.07) is 4.51. The number of carbonyl (C=O) groups excluding carboxylic acids is 1. The lowest BCUT2D eigenvalue weighted by Crippen LogP contribution is -2.25. The van der Waals surface area contributed by atoms with Crippen molar-refractivity contribution < 1.29 is 4.79 Å². The van der Waals surface area contributed by atoms with Crippen LogP contribution >= 0.6 is 11.3 Å². The quantitative estimate of drug-likeness (QED) is 0.696. The largest absolute Gasteiger partial charge is 0.346 e. The van der Waals surface area contributed by atoms with E-state index in [-0.39, 0.29) is 17.2 Å². The van der Waals surface area contributed by atoms with E-state index < -0.39 is 0 Å². The molecule has 0 aliphatic heterocycles. The van der Waals surface area contributed by atoms with Crippen LogP contribution in [0.5, 0.6) is 0 Å². The summed E-state index contributed by atoms with van der Waals surface area (Å²) in [7, 11) is 0. The zero-order valence-electron chi connectivity index (χ0n) is 10.5. The summed E-state index contributed by atoms with van der Waals surface area (Å²) < 4.78 is 0. The van der Waals surface area contributed by atoms with Crippen molar-refractivity contribution in [1.29, 1.82) is 0 Å². The molecule has 0 spiro atoms. The van der Waals surface area contributed by atoms with Crippen LogP contribution in [0.3, 0.4) is 0 Å². The van der Waals surface area contributed by atoms with E-state index in [1.807, 2.05) is 11.4 Å². The Morgan fingerprint density at radius 1 is 1.45 bits per heavy atom. The molecule has 2 heterocycles. The van der Waals surface area contributed by atoms with E-state index in [0.717, 1.165) is 10.4 Å². The molecule has 1 amide bonds. The van der Waals surface area contributed by atoms with Crippen molar-refractivity contribution in [2.24, 2.45) is 5.73 Å². The van der Waals surface area contributed by atoms with Crippen LogP contribution < -0.4 is 16.6 Å². The van der Waals surface area contributed by atoms with Crippen LogP contribution in [0.4, 0.5) is 0 Å². The average molecular weight is 288 g/mol. The number of H-pyrrole nitrogens is 1. The molecule has 0 unspecified atom stereocenters. The highest BCUT2D eigenvalue weighted by atomic mass is 32.1. The van der Waals surface area contributed by atoms with Gasteiger partial charge in [-0.15, -0.1) is 11.3 Å². The van der Waals surface area contributed by atoms with Gasteiger partial charge in [-0.2, -0.15) is 5.10 Å². The number of nitrogens with zero attached hydrogens (tertiary/aromatic N) is 1. The van der Waals surface area contributed by atoms with Gasteiger partial charge in [-0.05, 0) is 17.5 Å². The third-order valence-electron chi connectivity index (χ3n) is 2.39. The molecule has 0 saturated heterocycles. The molecule has 102 valence electrons. The number of hydrogen-bond donors (Lipinski definition) is 3. The van der Waals surface area contributed by atoms with Gasteiger partial charge in [-0.3, -0.25) is 9.59 Å². The Morgan fingerprint density at radius 3 is 3.00 bits per heavy atom. The lowest BCUT2D eigenvalue weighted by atomic mass is 10.2. The summed E-state index contributed by atoms with van der Waals surface area (Å²) in [6.45, 7) is 0.648. The molecule has 0 saturated carbocycles. The lowest BCUT2D eigenvalue weighted by molar-refractivity contribution is 0.0945. The van der Waals surface area contributed by atoms with E-state index in [1.165, 1.54) is 23.5 Å². The molecule has 2 rings (SSSR count). The Morgan fingerprint density at radius 2 is 2.30 bits per heavy atom. The highest BCUT2D eigenvalue weighted by Crippen LogP contribution is 2.15. The topological polar surface area (TPSA) is 101 Å². The Hall–Kier alpha value is -2.43. The fourth-order valence-electron chi connectivity index (χ4n) is 1.46. The summed E-state index contributed by atoms with van der Waals surface area (Å²) in [5, 5.41) is 10.5. The molecule has 20 heavy (non-hydrogen) atoms. The molecule has 0 radical (unpaired) electrons. The fourth-order valence-corrected chi connectivity index (χ4v) is 2.23. The fraction of sp³-hybridized carbons (Fsp3) is 0.154. The van der Waals surface area contributed by atoms with Crippen LogP contribution in [0.1, 0.15) is 20.9 Å². The van der Waals surface area contributed by atoms with Crippen LogP contribution in [0.2, 0.25) is 0 Å². The number of carbonyl (C=O) groups is 1. The van der Waals surface area contributed by atoms with E-state index in [2.05, 4.69) is 27.4 Å². The first-order chi connectivity index (χ1) is 9.70. The van der Waals surface area contributed by atoms with Gasteiger partial charge < -0.3 is 11.1 Å². The Balaban J connectivity index is 2.02. The Kier molecular flexibility index (Phi) is 4.65.